The lowest BCUT2D eigenvalue weighted by Crippen LogP contribution is -2.25. The van der Waals surface area contributed by atoms with Crippen LogP contribution in [0.1, 0.15) is 34.6 Å². The molecule has 1 atom stereocenters. The Balaban J connectivity index is 1.85. The van der Waals surface area contributed by atoms with Crippen molar-refractivity contribution in [2.45, 2.75) is 26.2 Å². The average Bonchev–Trinajstić information content (AvgIpc) is 3.16. The van der Waals surface area contributed by atoms with Gasteiger partial charge in [0.2, 0.25) is 5.91 Å². The lowest BCUT2D eigenvalue weighted by molar-refractivity contribution is -0.116. The molecule has 2 heterocycles. The number of carbonyl (C=O) groups excluding carboxylic acids is 1. The van der Waals surface area contributed by atoms with E-state index in [-0.39, 0.29) is 11.8 Å². The molecule has 1 aliphatic heterocycles. The van der Waals surface area contributed by atoms with Gasteiger partial charge in [-0.15, -0.1) is 0 Å². The molecular formula is C24H25N3O3. The summed E-state index contributed by atoms with van der Waals surface area (Å²) in [6.45, 7) is 8.20. The van der Waals surface area contributed by atoms with E-state index >= 15 is 0 Å². The Morgan fingerprint density at radius 2 is 2.03 bits per heavy atom. The summed E-state index contributed by atoms with van der Waals surface area (Å²) in [6, 6.07) is 11.8. The Kier molecular flexibility index (Phi) is 5.31. The van der Waals surface area contributed by atoms with Gasteiger partial charge in [0.05, 0.1) is 19.0 Å². The van der Waals surface area contributed by atoms with Crippen LogP contribution in [-0.2, 0) is 4.79 Å². The molecule has 0 radical (unpaired) electrons. The van der Waals surface area contributed by atoms with Crippen LogP contribution in [-0.4, -0.2) is 29.4 Å². The Morgan fingerprint density at radius 1 is 1.23 bits per heavy atom. The maximum Gasteiger partial charge on any atom is 0.226 e. The van der Waals surface area contributed by atoms with Crippen LogP contribution in [0.4, 0.5) is 5.82 Å². The molecule has 1 aromatic heterocycles. The number of nitrogens with one attached hydrogen (secondary N) is 1. The van der Waals surface area contributed by atoms with Crippen molar-refractivity contribution in [1.29, 1.82) is 0 Å². The molecule has 0 saturated heterocycles. The number of aryl methyl sites for hydroxylation is 1. The van der Waals surface area contributed by atoms with Gasteiger partial charge in [-0.1, -0.05) is 36.9 Å². The SMILES string of the molecule is C=CCOc1c(OC)cccc1C1CC(=O)Nc2c1cnn2-c1cccc(C)c1C. The first-order valence-corrected chi connectivity index (χ1v) is 9.90. The summed E-state index contributed by atoms with van der Waals surface area (Å²) < 4.78 is 13.3. The number of rotatable bonds is 6. The van der Waals surface area contributed by atoms with E-state index in [1.54, 1.807) is 13.2 Å². The van der Waals surface area contributed by atoms with Gasteiger partial charge in [0, 0.05) is 23.5 Å². The predicted octanol–water partition coefficient (Wildman–Crippen LogP) is 4.54. The van der Waals surface area contributed by atoms with E-state index in [0.29, 0.717) is 30.3 Å². The average molecular weight is 403 g/mol. The second kappa shape index (κ2) is 8.06. The smallest absolute Gasteiger partial charge is 0.226 e. The minimum Gasteiger partial charge on any atom is -0.493 e. The summed E-state index contributed by atoms with van der Waals surface area (Å²) in [5, 5.41) is 7.65. The number of hydrogen-bond acceptors (Lipinski definition) is 4. The topological polar surface area (TPSA) is 65.4 Å². The number of aromatic nitrogens is 2. The lowest BCUT2D eigenvalue weighted by Gasteiger charge is -2.26. The number of ether oxygens (including phenoxy) is 2. The lowest BCUT2D eigenvalue weighted by atomic mass is 9.86. The van der Waals surface area contributed by atoms with Crippen LogP contribution in [0.15, 0.2) is 55.3 Å². The highest BCUT2D eigenvalue weighted by Crippen LogP contribution is 2.44. The van der Waals surface area contributed by atoms with E-state index in [2.05, 4.69) is 36.9 Å². The zero-order valence-corrected chi connectivity index (χ0v) is 17.4. The number of fused-ring (bicyclic) bond motifs is 1. The highest BCUT2D eigenvalue weighted by atomic mass is 16.5. The first-order valence-electron chi connectivity index (χ1n) is 9.90. The molecule has 1 amide bonds. The molecule has 0 spiro atoms. The van der Waals surface area contributed by atoms with Crippen LogP contribution in [0.25, 0.3) is 5.69 Å². The number of amides is 1. The van der Waals surface area contributed by atoms with Crippen molar-refractivity contribution in [2.24, 2.45) is 0 Å². The van der Waals surface area contributed by atoms with Gasteiger partial charge in [0.1, 0.15) is 12.4 Å². The molecule has 1 N–H and O–H groups in total. The number of methoxy groups -OCH3 is 1. The number of nitrogens with zero attached hydrogens (tertiary/aromatic N) is 2. The van der Waals surface area contributed by atoms with Gasteiger partial charge in [-0.2, -0.15) is 5.10 Å². The molecule has 1 unspecified atom stereocenters. The highest BCUT2D eigenvalue weighted by molar-refractivity contribution is 5.95. The fourth-order valence-corrected chi connectivity index (χ4v) is 3.91. The molecule has 2 aromatic carbocycles. The first-order chi connectivity index (χ1) is 14.5. The zero-order valence-electron chi connectivity index (χ0n) is 17.4. The van der Waals surface area contributed by atoms with Crippen LogP contribution < -0.4 is 14.8 Å². The van der Waals surface area contributed by atoms with Crippen molar-refractivity contribution in [3.63, 3.8) is 0 Å². The third kappa shape index (κ3) is 3.34. The normalized spacial score (nSPS) is 15.3. The Morgan fingerprint density at radius 3 is 2.80 bits per heavy atom. The summed E-state index contributed by atoms with van der Waals surface area (Å²) in [4.78, 5) is 12.7. The van der Waals surface area contributed by atoms with Gasteiger partial charge in [-0.05, 0) is 37.1 Å². The van der Waals surface area contributed by atoms with Crippen molar-refractivity contribution < 1.29 is 14.3 Å². The van der Waals surface area contributed by atoms with Crippen LogP contribution in [0.5, 0.6) is 11.5 Å². The van der Waals surface area contributed by atoms with E-state index in [9.17, 15) is 4.79 Å². The molecule has 30 heavy (non-hydrogen) atoms. The van der Waals surface area contributed by atoms with Crippen LogP contribution in [0.2, 0.25) is 0 Å². The molecule has 0 fully saturated rings. The van der Waals surface area contributed by atoms with Crippen molar-refractivity contribution in [3.05, 3.63) is 77.5 Å². The van der Waals surface area contributed by atoms with E-state index in [0.717, 1.165) is 22.4 Å². The summed E-state index contributed by atoms with van der Waals surface area (Å²) >= 11 is 0. The third-order valence-electron chi connectivity index (χ3n) is 5.57. The van der Waals surface area contributed by atoms with Gasteiger partial charge in [-0.3, -0.25) is 4.79 Å². The van der Waals surface area contributed by atoms with Crippen molar-refractivity contribution in [1.82, 2.24) is 9.78 Å². The van der Waals surface area contributed by atoms with Crippen LogP contribution in [0.3, 0.4) is 0 Å². The van der Waals surface area contributed by atoms with Crippen molar-refractivity contribution in [2.75, 3.05) is 19.0 Å². The largest absolute Gasteiger partial charge is 0.493 e. The monoisotopic (exact) mass is 403 g/mol. The fraction of sp³-hybridized carbons (Fsp3) is 0.250. The number of benzene rings is 2. The number of hydrogen-bond donors (Lipinski definition) is 1. The quantitative estimate of drug-likeness (QED) is 0.614. The number of carbonyl (C=O) groups is 1. The standard InChI is InChI=1S/C24H25N3O3/c1-5-12-30-23-17(9-7-11-21(23)29-4)18-13-22(28)26-24-19(18)14-25-27(24)20-10-6-8-15(2)16(20)3/h5-11,14,18H,1,12-13H2,2-4H3,(H,26,28). The maximum atomic E-state index is 12.7. The highest BCUT2D eigenvalue weighted by Gasteiger charge is 2.33. The summed E-state index contributed by atoms with van der Waals surface area (Å²) in [5.41, 5.74) is 5.09. The molecule has 6 heteroatoms. The van der Waals surface area contributed by atoms with Gasteiger partial charge >= 0.3 is 0 Å². The van der Waals surface area contributed by atoms with Gasteiger partial charge in [0.15, 0.2) is 11.5 Å². The molecular weight excluding hydrogens is 378 g/mol. The number of para-hydroxylation sites is 1. The van der Waals surface area contributed by atoms with E-state index in [1.807, 2.05) is 41.2 Å². The second-order valence-corrected chi connectivity index (χ2v) is 7.36. The summed E-state index contributed by atoms with van der Waals surface area (Å²) in [7, 11) is 1.61. The first kappa shape index (κ1) is 19.8. The Labute approximate surface area is 176 Å². The zero-order chi connectivity index (χ0) is 21.3. The maximum absolute atomic E-state index is 12.7. The van der Waals surface area contributed by atoms with E-state index < -0.39 is 0 Å². The van der Waals surface area contributed by atoms with E-state index in [4.69, 9.17) is 9.47 Å². The summed E-state index contributed by atoms with van der Waals surface area (Å²) in [6.07, 6.45) is 3.83. The van der Waals surface area contributed by atoms with Crippen LogP contribution >= 0.6 is 0 Å². The molecule has 4 rings (SSSR count). The molecule has 1 aliphatic rings. The summed E-state index contributed by atoms with van der Waals surface area (Å²) in [5.74, 6) is 1.70. The van der Waals surface area contributed by atoms with Gasteiger partial charge in [-0.25, -0.2) is 4.68 Å². The molecule has 0 aliphatic carbocycles. The molecule has 0 saturated carbocycles. The molecule has 154 valence electrons. The van der Waals surface area contributed by atoms with Gasteiger partial charge < -0.3 is 14.8 Å². The Bertz CT molecular complexity index is 1120. The molecule has 6 nitrogen and oxygen atoms in total. The van der Waals surface area contributed by atoms with Crippen LogP contribution in [0, 0.1) is 13.8 Å². The van der Waals surface area contributed by atoms with Crippen molar-refractivity contribution >= 4 is 11.7 Å². The fourth-order valence-electron chi connectivity index (χ4n) is 3.91. The second-order valence-electron chi connectivity index (χ2n) is 7.36. The van der Waals surface area contributed by atoms with Gasteiger partial charge in [0.25, 0.3) is 0 Å². The molecule has 3 aromatic rings. The molecule has 0 bridgehead atoms. The van der Waals surface area contributed by atoms with Crippen molar-refractivity contribution in [3.8, 4) is 17.2 Å². The van der Waals surface area contributed by atoms with E-state index in [1.165, 1.54) is 5.56 Å². The minimum absolute atomic E-state index is 0.0583. The third-order valence-corrected chi connectivity index (χ3v) is 5.57. The predicted molar refractivity (Wildman–Crippen MR) is 117 cm³/mol. The Hall–Kier alpha value is -3.54. The number of anilines is 1. The minimum atomic E-state index is -0.192.